The number of nitrogens with zero attached hydrogens (tertiary/aromatic N) is 2. The van der Waals surface area contributed by atoms with Gasteiger partial charge in [-0.1, -0.05) is 35.3 Å². The number of hydrogen-bond acceptors (Lipinski definition) is 2. The lowest BCUT2D eigenvalue weighted by Crippen LogP contribution is -2.25. The van der Waals surface area contributed by atoms with Gasteiger partial charge in [0.15, 0.2) is 5.78 Å². The number of aromatic nitrogens is 2. The summed E-state index contributed by atoms with van der Waals surface area (Å²) in [5.41, 5.74) is 2.54. The van der Waals surface area contributed by atoms with E-state index in [-0.39, 0.29) is 17.9 Å². The number of imidazole rings is 1. The highest BCUT2D eigenvalue weighted by Crippen LogP contribution is 2.21. The minimum absolute atomic E-state index is 0.0755. The van der Waals surface area contributed by atoms with Gasteiger partial charge in [0, 0.05) is 34.4 Å². The van der Waals surface area contributed by atoms with Crippen molar-refractivity contribution in [1.82, 2.24) is 9.13 Å². The molecule has 0 spiro atoms. The molecule has 0 unspecified atom stereocenters. The van der Waals surface area contributed by atoms with Crippen molar-refractivity contribution in [3.05, 3.63) is 76.0 Å². The van der Waals surface area contributed by atoms with Gasteiger partial charge >= 0.3 is 0 Å². The van der Waals surface area contributed by atoms with Crippen LogP contribution in [0.1, 0.15) is 10.4 Å². The number of hydrogen-bond donors (Lipinski definition) is 1. The number of carbonyl (C=O) groups is 1. The van der Waals surface area contributed by atoms with Crippen molar-refractivity contribution >= 4 is 29.0 Å². The van der Waals surface area contributed by atoms with E-state index in [1.807, 2.05) is 18.2 Å². The van der Waals surface area contributed by atoms with E-state index in [2.05, 4.69) is 0 Å². The summed E-state index contributed by atoms with van der Waals surface area (Å²) in [6.45, 7) is 0.0921. The fraction of sp³-hybridized carbons (Fsp3) is 0.111. The summed E-state index contributed by atoms with van der Waals surface area (Å²) < 4.78 is 3.34. The Balaban J connectivity index is 1.92. The van der Waals surface area contributed by atoms with Crippen molar-refractivity contribution in [3.8, 4) is 11.3 Å². The largest absolute Gasteiger partial charge is 0.314 e. The third kappa shape index (κ3) is 3.30. The first-order chi connectivity index (χ1) is 11.5. The molecule has 2 aromatic carbocycles. The Morgan fingerprint density at radius 3 is 2.46 bits per heavy atom. The van der Waals surface area contributed by atoms with Crippen molar-refractivity contribution in [1.29, 1.82) is 5.41 Å². The molecular weight excluding hydrogens is 345 g/mol. The van der Waals surface area contributed by atoms with Gasteiger partial charge in [-0.15, -0.1) is 0 Å². The molecule has 0 saturated carbocycles. The Morgan fingerprint density at radius 2 is 1.79 bits per heavy atom. The predicted octanol–water partition coefficient (Wildman–Crippen LogP) is 4.16. The van der Waals surface area contributed by atoms with Crippen molar-refractivity contribution in [3.63, 3.8) is 0 Å². The first kappa shape index (κ1) is 16.6. The second kappa shape index (κ2) is 6.67. The monoisotopic (exact) mass is 359 g/mol. The number of ketones is 1. The van der Waals surface area contributed by atoms with Gasteiger partial charge in [-0.2, -0.15) is 0 Å². The number of Topliss-reactive ketones (excluding diaryl/α,β-unsaturated/α-hetero) is 1. The van der Waals surface area contributed by atoms with Crippen LogP contribution >= 0.6 is 23.2 Å². The van der Waals surface area contributed by atoms with E-state index in [0.717, 1.165) is 11.3 Å². The van der Waals surface area contributed by atoms with Crippen LogP contribution < -0.4 is 5.62 Å². The molecule has 4 nitrogen and oxygen atoms in total. The van der Waals surface area contributed by atoms with Crippen molar-refractivity contribution < 1.29 is 4.79 Å². The number of carbonyl (C=O) groups excluding carboxylic acids is 1. The molecule has 24 heavy (non-hydrogen) atoms. The Kier molecular flexibility index (Phi) is 4.60. The van der Waals surface area contributed by atoms with Crippen molar-refractivity contribution in [2.24, 2.45) is 7.05 Å². The van der Waals surface area contributed by atoms with Crippen LogP contribution in [0.4, 0.5) is 0 Å². The van der Waals surface area contributed by atoms with Gasteiger partial charge in [0.2, 0.25) is 5.62 Å². The zero-order valence-corrected chi connectivity index (χ0v) is 14.5. The molecule has 1 N–H and O–H groups in total. The molecule has 0 bridgehead atoms. The smallest absolute Gasteiger partial charge is 0.202 e. The molecule has 1 aromatic heterocycles. The molecule has 0 amide bonds. The quantitative estimate of drug-likeness (QED) is 0.698. The molecule has 122 valence electrons. The zero-order valence-electron chi connectivity index (χ0n) is 13.0. The molecule has 0 atom stereocenters. The third-order valence-corrected chi connectivity index (χ3v) is 4.32. The van der Waals surface area contributed by atoms with Crippen LogP contribution in [0.5, 0.6) is 0 Å². The highest BCUT2D eigenvalue weighted by atomic mass is 35.5. The number of rotatable bonds is 4. The molecule has 1 heterocycles. The van der Waals surface area contributed by atoms with Gasteiger partial charge < -0.3 is 9.13 Å². The highest BCUT2D eigenvalue weighted by Gasteiger charge is 2.12. The van der Waals surface area contributed by atoms with Crippen LogP contribution in [0.15, 0.2) is 54.7 Å². The molecule has 0 saturated heterocycles. The predicted molar refractivity (Wildman–Crippen MR) is 95.5 cm³/mol. The molecule has 3 rings (SSSR count). The second-order valence-corrected chi connectivity index (χ2v) is 6.34. The van der Waals surface area contributed by atoms with Crippen LogP contribution in [-0.4, -0.2) is 14.9 Å². The van der Waals surface area contributed by atoms with Crippen molar-refractivity contribution in [2.75, 3.05) is 0 Å². The van der Waals surface area contributed by atoms with E-state index in [0.29, 0.717) is 15.6 Å². The molecule has 0 aliphatic heterocycles. The third-order valence-electron chi connectivity index (χ3n) is 3.83. The SMILES string of the molecule is Cn1c(-c2cccc(Cl)c2)cn(CC(=O)c2ccc(Cl)cc2)c1=N. The fourth-order valence-electron chi connectivity index (χ4n) is 2.52. The van der Waals surface area contributed by atoms with E-state index in [1.54, 1.807) is 52.7 Å². The van der Waals surface area contributed by atoms with Gasteiger partial charge in [0.1, 0.15) is 0 Å². The van der Waals surface area contributed by atoms with Crippen LogP contribution in [0.25, 0.3) is 11.3 Å². The summed E-state index contributed by atoms with van der Waals surface area (Å²) in [6, 6.07) is 14.2. The summed E-state index contributed by atoms with van der Waals surface area (Å²) in [6.07, 6.45) is 1.79. The molecular formula is C18H15Cl2N3O. The van der Waals surface area contributed by atoms with Crippen LogP contribution in [0.3, 0.4) is 0 Å². The summed E-state index contributed by atoms with van der Waals surface area (Å²) in [4.78, 5) is 12.4. The molecule has 3 aromatic rings. The van der Waals surface area contributed by atoms with Crippen LogP contribution in [0.2, 0.25) is 10.0 Å². The molecule has 0 fully saturated rings. The average Bonchev–Trinajstić information content (AvgIpc) is 2.84. The summed E-state index contributed by atoms with van der Waals surface area (Å²) >= 11 is 11.9. The summed E-state index contributed by atoms with van der Waals surface area (Å²) in [5.74, 6) is -0.0755. The van der Waals surface area contributed by atoms with Crippen molar-refractivity contribution in [2.45, 2.75) is 6.54 Å². The maximum atomic E-state index is 12.4. The molecule has 6 heteroatoms. The zero-order chi connectivity index (χ0) is 17.3. The maximum Gasteiger partial charge on any atom is 0.202 e. The van der Waals surface area contributed by atoms with Gasteiger partial charge in [-0.3, -0.25) is 10.2 Å². The number of nitrogens with one attached hydrogen (secondary N) is 1. The van der Waals surface area contributed by atoms with E-state index in [4.69, 9.17) is 28.6 Å². The first-order valence-corrected chi connectivity index (χ1v) is 8.07. The van der Waals surface area contributed by atoms with Gasteiger partial charge in [-0.05, 0) is 36.4 Å². The number of benzene rings is 2. The topological polar surface area (TPSA) is 50.8 Å². The van der Waals surface area contributed by atoms with Gasteiger partial charge in [-0.25, -0.2) is 0 Å². The first-order valence-electron chi connectivity index (χ1n) is 7.31. The van der Waals surface area contributed by atoms with E-state index >= 15 is 0 Å². The number of halogens is 2. The van der Waals surface area contributed by atoms with Crippen LogP contribution in [-0.2, 0) is 13.6 Å². The Morgan fingerprint density at radius 1 is 1.08 bits per heavy atom. The molecule has 0 radical (unpaired) electrons. The highest BCUT2D eigenvalue weighted by molar-refractivity contribution is 6.31. The lowest BCUT2D eigenvalue weighted by molar-refractivity contribution is 0.0970. The normalized spacial score (nSPS) is 10.8. The minimum Gasteiger partial charge on any atom is -0.314 e. The molecule has 0 aliphatic carbocycles. The second-order valence-electron chi connectivity index (χ2n) is 5.47. The van der Waals surface area contributed by atoms with E-state index in [1.165, 1.54) is 0 Å². The Bertz CT molecular complexity index is 955. The average molecular weight is 360 g/mol. The lowest BCUT2D eigenvalue weighted by Gasteiger charge is -2.02. The molecule has 0 aliphatic rings. The maximum absolute atomic E-state index is 12.4. The van der Waals surface area contributed by atoms with E-state index < -0.39 is 0 Å². The summed E-state index contributed by atoms with van der Waals surface area (Å²) in [7, 11) is 1.79. The standard InChI is InChI=1S/C18H15Cl2N3O/c1-22-16(13-3-2-4-15(20)9-13)10-23(18(22)21)11-17(24)12-5-7-14(19)8-6-12/h2-10,21H,11H2,1H3. The lowest BCUT2D eigenvalue weighted by atomic mass is 10.1. The Hall–Kier alpha value is -2.30. The van der Waals surface area contributed by atoms with Gasteiger partial charge in [0.25, 0.3) is 0 Å². The van der Waals surface area contributed by atoms with Crippen LogP contribution in [0, 0.1) is 5.41 Å². The van der Waals surface area contributed by atoms with Gasteiger partial charge in [0.05, 0.1) is 12.2 Å². The minimum atomic E-state index is -0.0755. The summed E-state index contributed by atoms with van der Waals surface area (Å²) in [5, 5.41) is 9.44. The van der Waals surface area contributed by atoms with E-state index in [9.17, 15) is 4.79 Å². The Labute approximate surface area is 149 Å². The fourth-order valence-corrected chi connectivity index (χ4v) is 2.84.